The van der Waals surface area contributed by atoms with Gasteiger partial charge in [-0.2, -0.15) is 5.10 Å². The second-order valence-corrected chi connectivity index (χ2v) is 10.3. The number of rotatable bonds is 6. The zero-order valence-electron chi connectivity index (χ0n) is 21.4. The van der Waals surface area contributed by atoms with Crippen molar-refractivity contribution in [1.82, 2.24) is 19.7 Å². The van der Waals surface area contributed by atoms with Crippen molar-refractivity contribution in [1.29, 1.82) is 0 Å². The number of nitrogens with one attached hydrogen (secondary N) is 1. The molecule has 0 spiro atoms. The summed E-state index contributed by atoms with van der Waals surface area (Å²) in [6.07, 6.45) is 1.30. The van der Waals surface area contributed by atoms with Gasteiger partial charge in [0, 0.05) is 47.7 Å². The van der Waals surface area contributed by atoms with Gasteiger partial charge in [-0.1, -0.05) is 11.1 Å². The lowest BCUT2D eigenvalue weighted by Gasteiger charge is -2.21. The van der Waals surface area contributed by atoms with E-state index >= 15 is 0 Å². The van der Waals surface area contributed by atoms with E-state index in [9.17, 15) is 29.2 Å². The summed E-state index contributed by atoms with van der Waals surface area (Å²) in [5, 5.41) is 29.5. The maximum Gasteiger partial charge on any atom is 0.330 e. The predicted octanol–water partition coefficient (Wildman–Crippen LogP) is 2.11. The molecule has 12 nitrogen and oxygen atoms in total. The number of halogens is 2. The third kappa shape index (κ3) is 5.09. The molecule has 0 unspecified atom stereocenters. The molecule has 206 valence electrons. The molecule has 4 heterocycles. The van der Waals surface area contributed by atoms with Crippen LogP contribution in [0.4, 0.5) is 10.2 Å². The minimum Gasteiger partial charge on any atom is -0.711 e. The van der Waals surface area contributed by atoms with E-state index in [0.29, 0.717) is 31.5 Å². The van der Waals surface area contributed by atoms with E-state index in [4.69, 9.17) is 0 Å². The van der Waals surface area contributed by atoms with Crippen molar-refractivity contribution >= 4 is 50.2 Å². The summed E-state index contributed by atoms with van der Waals surface area (Å²) in [5.74, 6) is -1.22. The molecule has 1 aliphatic rings. The van der Waals surface area contributed by atoms with Crippen LogP contribution >= 0.6 is 15.9 Å². The van der Waals surface area contributed by atoms with E-state index in [1.165, 1.54) is 23.9 Å². The number of fused-ring (bicyclic) bond motifs is 1. The van der Waals surface area contributed by atoms with Gasteiger partial charge in [0.05, 0.1) is 17.6 Å². The number of anilines is 1. The number of hydrogen-bond acceptors (Lipinski definition) is 7. The Hall–Kier alpha value is -4.46. The number of likely N-dealkylation sites (tertiary alicyclic amines) is 1. The van der Waals surface area contributed by atoms with Gasteiger partial charge < -0.3 is 15.3 Å². The Bertz CT molecular complexity index is 1680. The Morgan fingerprint density at radius 3 is 2.75 bits per heavy atom. The normalized spacial score (nSPS) is 16.9. The maximum absolute atomic E-state index is 14.5. The van der Waals surface area contributed by atoms with Crippen molar-refractivity contribution in [3.05, 3.63) is 70.1 Å². The number of alkyl halides is 1. The Kier molecular flexibility index (Phi) is 7.19. The lowest BCUT2D eigenvalue weighted by atomic mass is 10.0. The smallest absolute Gasteiger partial charge is 0.330 e. The molecule has 3 aromatic heterocycles. The topological polar surface area (TPSA) is 148 Å². The van der Waals surface area contributed by atoms with Crippen molar-refractivity contribution in [3.63, 3.8) is 0 Å². The van der Waals surface area contributed by atoms with Gasteiger partial charge in [0.15, 0.2) is 12.0 Å². The molecule has 0 aliphatic carbocycles. The van der Waals surface area contributed by atoms with Crippen molar-refractivity contribution < 1.29 is 33.4 Å². The SMILES string of the molecule is CC(=O)c1nn(CC(=O)N2C[C@H](F)C[C@H]2C(=O)Nc2cccc(Br)[n+]2O)c2ccc(-c3cnc(C)[n+]([O-])c3)cc12. The Morgan fingerprint density at radius 2 is 2.02 bits per heavy atom. The van der Waals surface area contributed by atoms with E-state index in [2.05, 4.69) is 31.3 Å². The first-order chi connectivity index (χ1) is 19.0. The van der Waals surface area contributed by atoms with Gasteiger partial charge in [-0.05, 0) is 34.6 Å². The van der Waals surface area contributed by atoms with Gasteiger partial charge in [0.25, 0.3) is 5.82 Å². The number of amides is 2. The number of pyridine rings is 1. The summed E-state index contributed by atoms with van der Waals surface area (Å²) in [6.45, 7) is 2.30. The molecule has 0 bridgehead atoms. The van der Waals surface area contributed by atoms with Crippen LogP contribution < -0.4 is 14.8 Å². The van der Waals surface area contributed by atoms with Gasteiger partial charge in [0.1, 0.15) is 30.6 Å². The highest BCUT2D eigenvalue weighted by Crippen LogP contribution is 2.28. The van der Waals surface area contributed by atoms with E-state index in [-0.39, 0.29) is 47.2 Å². The zero-order valence-corrected chi connectivity index (χ0v) is 23.0. The summed E-state index contributed by atoms with van der Waals surface area (Å²) in [6, 6.07) is 8.57. The summed E-state index contributed by atoms with van der Waals surface area (Å²) in [7, 11) is 0. The number of carbonyl (C=O) groups excluding carboxylic acids is 3. The molecule has 2 amide bonds. The first kappa shape index (κ1) is 27.1. The van der Waals surface area contributed by atoms with Gasteiger partial charge in [0.2, 0.25) is 10.5 Å². The first-order valence-electron chi connectivity index (χ1n) is 12.3. The van der Waals surface area contributed by atoms with Crippen LogP contribution in [0.1, 0.15) is 29.7 Å². The third-order valence-corrected chi connectivity index (χ3v) is 7.31. The number of Topliss-reactive ketones (excluding diaryl/α,β-unsaturated/α-hetero) is 1. The fourth-order valence-electron chi connectivity index (χ4n) is 4.67. The van der Waals surface area contributed by atoms with Crippen LogP contribution in [0.15, 0.2) is 53.4 Å². The number of aromatic nitrogens is 5. The second-order valence-electron chi connectivity index (χ2n) is 9.44. The fourth-order valence-corrected chi connectivity index (χ4v) is 5.01. The number of ketones is 1. The number of hydrogen-bond donors (Lipinski definition) is 2. The molecule has 1 aliphatic heterocycles. The van der Waals surface area contributed by atoms with Crippen molar-refractivity contribution in [3.8, 4) is 11.1 Å². The summed E-state index contributed by atoms with van der Waals surface area (Å²) in [4.78, 5) is 44.0. The van der Waals surface area contributed by atoms with Crippen LogP contribution in [0, 0.1) is 12.1 Å². The molecule has 1 fully saturated rings. The number of aryl methyl sites for hydroxylation is 1. The van der Waals surface area contributed by atoms with Gasteiger partial charge >= 0.3 is 11.7 Å². The molecule has 0 saturated carbocycles. The molecule has 14 heteroatoms. The maximum atomic E-state index is 14.5. The van der Waals surface area contributed by atoms with Crippen LogP contribution in [0.2, 0.25) is 0 Å². The van der Waals surface area contributed by atoms with Gasteiger partial charge in [-0.3, -0.25) is 14.3 Å². The monoisotopic (exact) mass is 612 g/mol. The Labute approximate surface area is 235 Å². The van der Waals surface area contributed by atoms with E-state index in [1.807, 2.05) is 0 Å². The van der Waals surface area contributed by atoms with Crippen molar-refractivity contribution in [2.75, 3.05) is 11.9 Å². The summed E-state index contributed by atoms with van der Waals surface area (Å²) < 4.78 is 17.4. The predicted molar refractivity (Wildman–Crippen MR) is 142 cm³/mol. The molecule has 5 rings (SSSR count). The first-order valence-corrected chi connectivity index (χ1v) is 13.0. The van der Waals surface area contributed by atoms with E-state index in [0.717, 1.165) is 4.90 Å². The van der Waals surface area contributed by atoms with Crippen LogP contribution in [-0.2, 0) is 16.1 Å². The van der Waals surface area contributed by atoms with Crippen LogP contribution in [0.25, 0.3) is 22.0 Å². The second kappa shape index (κ2) is 10.6. The van der Waals surface area contributed by atoms with Gasteiger partial charge in [-0.15, -0.1) is 0 Å². The van der Waals surface area contributed by atoms with E-state index in [1.54, 1.807) is 43.5 Å². The lowest BCUT2D eigenvalue weighted by molar-refractivity contribution is -0.901. The number of benzene rings is 1. The van der Waals surface area contributed by atoms with Crippen LogP contribution in [0.3, 0.4) is 0 Å². The summed E-state index contributed by atoms with van der Waals surface area (Å²) in [5.41, 5.74) is 1.77. The highest BCUT2D eigenvalue weighted by molar-refractivity contribution is 9.10. The van der Waals surface area contributed by atoms with Crippen molar-refractivity contribution in [2.24, 2.45) is 0 Å². The van der Waals surface area contributed by atoms with Crippen LogP contribution in [-0.4, -0.2) is 61.2 Å². The largest absolute Gasteiger partial charge is 0.711 e. The molecular weight excluding hydrogens is 589 g/mol. The molecular formula is C26H24BrFN7O5+. The number of carbonyl (C=O) groups is 3. The Morgan fingerprint density at radius 1 is 1.25 bits per heavy atom. The highest BCUT2D eigenvalue weighted by Gasteiger charge is 2.42. The average molecular weight is 613 g/mol. The van der Waals surface area contributed by atoms with Gasteiger partial charge in [-0.25, -0.2) is 19.2 Å². The molecule has 1 aromatic carbocycles. The molecule has 1 saturated heterocycles. The minimum atomic E-state index is -1.42. The summed E-state index contributed by atoms with van der Waals surface area (Å²) >= 11 is 3.14. The van der Waals surface area contributed by atoms with Crippen molar-refractivity contribution in [2.45, 2.75) is 39.0 Å². The van der Waals surface area contributed by atoms with Crippen LogP contribution in [0.5, 0.6) is 0 Å². The molecule has 40 heavy (non-hydrogen) atoms. The molecule has 0 radical (unpaired) electrons. The van der Waals surface area contributed by atoms with E-state index < -0.39 is 24.0 Å². The molecule has 2 atom stereocenters. The zero-order chi connectivity index (χ0) is 28.7. The fraction of sp³-hybridized carbons (Fsp3) is 0.269. The molecule has 2 N–H and O–H groups in total. The quantitative estimate of drug-likeness (QED) is 0.111. The average Bonchev–Trinajstić information content (AvgIpc) is 3.49. The minimum absolute atomic E-state index is 0.0420. The Balaban J connectivity index is 1.42. The highest BCUT2D eigenvalue weighted by atomic mass is 79.9. The lowest BCUT2D eigenvalue weighted by Crippen LogP contribution is -2.46. The standard InChI is InChI=1S/C26H23BrFN7O5/c1-14(36)25-19-8-16(17-10-29-15(2)34(39)11-17)6-7-20(19)33(31-25)13-24(37)32-12-18(28)9-21(32)26(38)30-23-5-3-4-22(27)35(23)40/h3-8,10-11,18,21,40H,9,12-13H2,1-2H3/p+1/t18-,21+/m1/s1. The third-order valence-electron chi connectivity index (χ3n) is 6.71. The molecule has 4 aromatic rings. The number of nitrogens with zero attached hydrogens (tertiary/aromatic N) is 6.